The van der Waals surface area contributed by atoms with Crippen molar-refractivity contribution in [3.63, 3.8) is 0 Å². The molecule has 39 heavy (non-hydrogen) atoms. The Labute approximate surface area is 230 Å². The molecule has 0 bridgehead atoms. The average Bonchev–Trinajstić information content (AvgIpc) is 2.97. The van der Waals surface area contributed by atoms with Crippen molar-refractivity contribution in [2.45, 2.75) is 19.6 Å². The Morgan fingerprint density at radius 3 is 2.26 bits per heavy atom. The number of anilines is 2. The summed E-state index contributed by atoms with van der Waals surface area (Å²) in [5.74, 6) is -0.427. The first-order chi connectivity index (χ1) is 19.1. The third kappa shape index (κ3) is 8.92. The highest BCUT2D eigenvalue weighted by molar-refractivity contribution is 6.02. The zero-order valence-electron chi connectivity index (χ0n) is 22.6. The third-order valence-electron chi connectivity index (χ3n) is 6.64. The highest BCUT2D eigenvalue weighted by Gasteiger charge is 2.22. The number of piperazine rings is 1. The zero-order valence-corrected chi connectivity index (χ0v) is 22.6. The van der Waals surface area contributed by atoms with Crippen LogP contribution in [-0.4, -0.2) is 69.8 Å². The van der Waals surface area contributed by atoms with E-state index in [0.29, 0.717) is 31.0 Å². The summed E-state index contributed by atoms with van der Waals surface area (Å²) in [4.78, 5) is 30.4. The van der Waals surface area contributed by atoms with Gasteiger partial charge in [-0.15, -0.1) is 0 Å². The lowest BCUT2D eigenvalue weighted by atomic mass is 10.1. The Kier molecular flexibility index (Phi) is 10.9. The van der Waals surface area contributed by atoms with Gasteiger partial charge in [0, 0.05) is 64.4 Å². The van der Waals surface area contributed by atoms with Crippen molar-refractivity contribution in [1.82, 2.24) is 10.2 Å². The Morgan fingerprint density at radius 2 is 1.56 bits per heavy atom. The summed E-state index contributed by atoms with van der Waals surface area (Å²) in [5, 5.41) is 5.87. The van der Waals surface area contributed by atoms with Gasteiger partial charge in [0.2, 0.25) is 5.91 Å². The van der Waals surface area contributed by atoms with Crippen LogP contribution in [0.3, 0.4) is 0 Å². The third-order valence-corrected chi connectivity index (χ3v) is 6.64. The number of hydrogen-bond acceptors (Lipinski definition) is 6. The first-order valence-electron chi connectivity index (χ1n) is 13.5. The first-order valence-corrected chi connectivity index (χ1v) is 13.5. The number of hydrogen-bond donors (Lipinski definition) is 2. The summed E-state index contributed by atoms with van der Waals surface area (Å²) < 4.78 is 10.7. The molecule has 2 amide bonds. The fourth-order valence-corrected chi connectivity index (χ4v) is 4.61. The second-order valence-electron chi connectivity index (χ2n) is 9.61. The molecule has 0 unspecified atom stereocenters. The number of ether oxygens (including phenoxy) is 2. The van der Waals surface area contributed by atoms with Crippen LogP contribution in [0.2, 0.25) is 0 Å². The van der Waals surface area contributed by atoms with Crippen LogP contribution in [0.5, 0.6) is 0 Å². The monoisotopic (exact) mass is 530 g/mol. The van der Waals surface area contributed by atoms with E-state index in [1.54, 1.807) is 13.2 Å². The molecule has 8 nitrogen and oxygen atoms in total. The molecule has 1 aliphatic rings. The van der Waals surface area contributed by atoms with Gasteiger partial charge in [-0.05, 0) is 35.7 Å². The lowest BCUT2D eigenvalue weighted by Crippen LogP contribution is -2.46. The molecular formula is C31H38N4O4. The quantitative estimate of drug-likeness (QED) is 0.326. The van der Waals surface area contributed by atoms with Crippen molar-refractivity contribution in [3.8, 4) is 0 Å². The standard InChI is InChI=1S/C31H38N4O4/c1-38-20-8-15-32-31(37)28-21-27(33-30(36)24-39-23-26-11-6-3-7-12-26)13-14-29(28)35-18-16-34(17-19-35)22-25-9-4-2-5-10-25/h2-7,9-14,21H,8,15-20,22-24H2,1H3,(H,32,37)(H,33,36). The number of methoxy groups -OCH3 is 1. The van der Waals surface area contributed by atoms with Gasteiger partial charge in [-0.2, -0.15) is 0 Å². The molecule has 4 rings (SSSR count). The summed E-state index contributed by atoms with van der Waals surface area (Å²) in [5.41, 5.74) is 4.29. The fourth-order valence-electron chi connectivity index (χ4n) is 4.61. The van der Waals surface area contributed by atoms with Crippen LogP contribution in [0.15, 0.2) is 78.9 Å². The minimum Gasteiger partial charge on any atom is -0.385 e. The molecule has 0 radical (unpaired) electrons. The molecule has 3 aromatic rings. The zero-order chi connectivity index (χ0) is 27.3. The van der Waals surface area contributed by atoms with E-state index in [0.717, 1.165) is 50.4 Å². The normalized spacial score (nSPS) is 13.7. The van der Waals surface area contributed by atoms with Crippen LogP contribution in [0, 0.1) is 0 Å². The molecule has 1 heterocycles. The van der Waals surface area contributed by atoms with E-state index in [-0.39, 0.29) is 18.4 Å². The van der Waals surface area contributed by atoms with Crippen molar-refractivity contribution in [1.29, 1.82) is 0 Å². The molecule has 206 valence electrons. The van der Waals surface area contributed by atoms with E-state index in [1.807, 2.05) is 48.5 Å². The van der Waals surface area contributed by atoms with Crippen molar-refractivity contribution in [2.24, 2.45) is 0 Å². The van der Waals surface area contributed by atoms with E-state index in [2.05, 4.69) is 44.7 Å². The molecular weight excluding hydrogens is 492 g/mol. The summed E-state index contributed by atoms with van der Waals surface area (Å²) in [6.07, 6.45) is 0.727. The van der Waals surface area contributed by atoms with Crippen LogP contribution < -0.4 is 15.5 Å². The Balaban J connectivity index is 1.38. The summed E-state index contributed by atoms with van der Waals surface area (Å²) in [6, 6.07) is 25.7. The van der Waals surface area contributed by atoms with Gasteiger partial charge in [0.25, 0.3) is 5.91 Å². The van der Waals surface area contributed by atoms with Gasteiger partial charge in [-0.25, -0.2) is 0 Å². The Morgan fingerprint density at radius 1 is 0.872 bits per heavy atom. The minimum absolute atomic E-state index is 0.0709. The second kappa shape index (κ2) is 15.0. The smallest absolute Gasteiger partial charge is 0.253 e. The molecule has 0 aliphatic carbocycles. The van der Waals surface area contributed by atoms with Crippen LogP contribution in [0.4, 0.5) is 11.4 Å². The van der Waals surface area contributed by atoms with Crippen LogP contribution in [0.25, 0.3) is 0 Å². The van der Waals surface area contributed by atoms with Gasteiger partial charge < -0.3 is 25.0 Å². The van der Waals surface area contributed by atoms with E-state index in [1.165, 1.54) is 5.56 Å². The Hall–Kier alpha value is -3.72. The number of carbonyl (C=O) groups is 2. The van der Waals surface area contributed by atoms with Crippen molar-refractivity contribution >= 4 is 23.2 Å². The molecule has 0 atom stereocenters. The van der Waals surface area contributed by atoms with Gasteiger partial charge in [0.1, 0.15) is 6.61 Å². The maximum absolute atomic E-state index is 13.2. The molecule has 0 spiro atoms. The van der Waals surface area contributed by atoms with E-state index >= 15 is 0 Å². The van der Waals surface area contributed by atoms with Gasteiger partial charge in [-0.1, -0.05) is 60.7 Å². The van der Waals surface area contributed by atoms with Gasteiger partial charge in [-0.3, -0.25) is 14.5 Å². The summed E-state index contributed by atoms with van der Waals surface area (Å²) in [6.45, 7) is 5.74. The van der Waals surface area contributed by atoms with Crippen molar-refractivity contribution in [2.75, 3.05) is 63.3 Å². The highest BCUT2D eigenvalue weighted by Crippen LogP contribution is 2.26. The molecule has 1 aliphatic heterocycles. The molecule has 1 fully saturated rings. The van der Waals surface area contributed by atoms with Gasteiger partial charge in [0.05, 0.1) is 12.2 Å². The van der Waals surface area contributed by atoms with Crippen molar-refractivity contribution < 1.29 is 19.1 Å². The largest absolute Gasteiger partial charge is 0.385 e. The van der Waals surface area contributed by atoms with Gasteiger partial charge in [0.15, 0.2) is 0 Å². The van der Waals surface area contributed by atoms with Gasteiger partial charge >= 0.3 is 0 Å². The molecule has 2 N–H and O–H groups in total. The molecule has 8 heteroatoms. The highest BCUT2D eigenvalue weighted by atomic mass is 16.5. The topological polar surface area (TPSA) is 83.1 Å². The minimum atomic E-state index is -0.264. The average molecular weight is 531 g/mol. The number of amides is 2. The Bertz CT molecular complexity index is 1180. The molecule has 3 aromatic carbocycles. The summed E-state index contributed by atoms with van der Waals surface area (Å²) >= 11 is 0. The number of nitrogens with one attached hydrogen (secondary N) is 2. The van der Waals surface area contributed by atoms with Crippen molar-refractivity contribution in [3.05, 3.63) is 95.6 Å². The van der Waals surface area contributed by atoms with E-state index in [4.69, 9.17) is 9.47 Å². The number of benzene rings is 3. The van der Waals surface area contributed by atoms with Crippen LogP contribution in [-0.2, 0) is 27.4 Å². The lowest BCUT2D eigenvalue weighted by molar-refractivity contribution is -0.121. The predicted octanol–water partition coefficient (Wildman–Crippen LogP) is 3.93. The number of rotatable bonds is 13. The predicted molar refractivity (Wildman–Crippen MR) is 154 cm³/mol. The van der Waals surface area contributed by atoms with E-state index < -0.39 is 0 Å². The van der Waals surface area contributed by atoms with Crippen LogP contribution in [0.1, 0.15) is 27.9 Å². The molecule has 0 aromatic heterocycles. The molecule has 1 saturated heterocycles. The van der Waals surface area contributed by atoms with E-state index in [9.17, 15) is 9.59 Å². The number of carbonyl (C=O) groups excluding carboxylic acids is 2. The maximum Gasteiger partial charge on any atom is 0.253 e. The SMILES string of the molecule is COCCCNC(=O)c1cc(NC(=O)COCc2ccccc2)ccc1N1CCN(Cc2ccccc2)CC1. The maximum atomic E-state index is 13.2. The second-order valence-corrected chi connectivity index (χ2v) is 9.61. The number of nitrogens with zero attached hydrogens (tertiary/aromatic N) is 2. The summed E-state index contributed by atoms with van der Waals surface area (Å²) in [7, 11) is 1.65. The van der Waals surface area contributed by atoms with Crippen LogP contribution >= 0.6 is 0 Å². The molecule has 0 saturated carbocycles. The first kappa shape index (κ1) is 28.3. The fraction of sp³-hybridized carbons (Fsp3) is 0.355. The lowest BCUT2D eigenvalue weighted by Gasteiger charge is -2.37.